The van der Waals surface area contributed by atoms with E-state index in [-0.39, 0.29) is 0 Å². The van der Waals surface area contributed by atoms with Crippen LogP contribution in [0.3, 0.4) is 0 Å². The Hall–Kier alpha value is -1.16. The molecule has 18 heavy (non-hydrogen) atoms. The Labute approximate surface area is 111 Å². The third-order valence-corrected chi connectivity index (χ3v) is 2.10. The third-order valence-electron chi connectivity index (χ3n) is 2.10. The zero-order chi connectivity index (χ0) is 13.8. The van der Waals surface area contributed by atoms with Crippen molar-refractivity contribution in [3.05, 3.63) is 18.1 Å². The van der Waals surface area contributed by atoms with Gasteiger partial charge in [0.15, 0.2) is 0 Å². The molecule has 1 aromatic heterocycles. The van der Waals surface area contributed by atoms with E-state index in [2.05, 4.69) is 28.7 Å². The summed E-state index contributed by atoms with van der Waals surface area (Å²) in [6, 6.07) is 0. The Bertz CT molecular complexity index is 282. The Balaban J connectivity index is 0.000000509. The lowest BCUT2D eigenvalue weighted by atomic mass is 10.4. The van der Waals surface area contributed by atoms with E-state index in [9.17, 15) is 0 Å². The molecule has 4 nitrogen and oxygen atoms in total. The van der Waals surface area contributed by atoms with Crippen LogP contribution in [0.2, 0.25) is 0 Å². The van der Waals surface area contributed by atoms with E-state index in [4.69, 9.17) is 4.74 Å². The summed E-state index contributed by atoms with van der Waals surface area (Å²) in [5.41, 5.74) is 0.956. The summed E-state index contributed by atoms with van der Waals surface area (Å²) in [5.74, 6) is 0.953. The lowest BCUT2D eigenvalue weighted by molar-refractivity contribution is 0.122. The molecule has 0 N–H and O–H groups in total. The number of anilines is 1. The minimum atomic E-state index is 0.787. The largest absolute Gasteiger partial charge is 0.378 e. The minimum Gasteiger partial charge on any atom is -0.378 e. The average molecular weight is 253 g/mol. The van der Waals surface area contributed by atoms with Gasteiger partial charge in [0.25, 0.3) is 0 Å². The van der Waals surface area contributed by atoms with Gasteiger partial charge in [0.2, 0.25) is 0 Å². The van der Waals surface area contributed by atoms with E-state index in [1.807, 2.05) is 27.0 Å². The van der Waals surface area contributed by atoms with Gasteiger partial charge in [0.1, 0.15) is 5.82 Å². The van der Waals surface area contributed by atoms with E-state index in [1.165, 1.54) is 6.42 Å². The predicted molar refractivity (Wildman–Crippen MR) is 77.1 cm³/mol. The molecule has 104 valence electrons. The van der Waals surface area contributed by atoms with Gasteiger partial charge in [-0.2, -0.15) is 0 Å². The van der Waals surface area contributed by atoms with Gasteiger partial charge in [-0.05, 0) is 6.92 Å². The van der Waals surface area contributed by atoms with Gasteiger partial charge in [-0.15, -0.1) is 0 Å². The topological polar surface area (TPSA) is 38.2 Å². The molecule has 2 rings (SSSR count). The summed E-state index contributed by atoms with van der Waals surface area (Å²) >= 11 is 0. The second-order valence-electron chi connectivity index (χ2n) is 3.82. The first-order valence-electron chi connectivity index (χ1n) is 6.89. The van der Waals surface area contributed by atoms with Gasteiger partial charge in [-0.3, -0.25) is 4.98 Å². The molecule has 1 aliphatic rings. The maximum atomic E-state index is 5.26. The maximum Gasteiger partial charge on any atom is 0.147 e. The fourth-order valence-electron chi connectivity index (χ4n) is 1.34. The molecule has 0 saturated carbocycles. The molecule has 0 atom stereocenters. The first kappa shape index (κ1) is 16.8. The molecule has 0 bridgehead atoms. The van der Waals surface area contributed by atoms with Crippen molar-refractivity contribution in [3.8, 4) is 0 Å². The summed E-state index contributed by atoms with van der Waals surface area (Å²) in [7, 11) is 0. The molecular formula is C14H27N3O. The molecule has 0 amide bonds. The SMILES string of the molecule is CC.CCC.Cc1cnc(N2CCOCC2)cn1. The van der Waals surface area contributed by atoms with Crippen molar-refractivity contribution < 1.29 is 4.74 Å². The average Bonchev–Trinajstić information content (AvgIpc) is 2.44. The third kappa shape index (κ3) is 6.55. The van der Waals surface area contributed by atoms with E-state index in [0.29, 0.717) is 0 Å². The molecule has 0 spiro atoms. The van der Waals surface area contributed by atoms with Crippen molar-refractivity contribution in [3.63, 3.8) is 0 Å². The van der Waals surface area contributed by atoms with E-state index < -0.39 is 0 Å². The fourth-order valence-corrected chi connectivity index (χ4v) is 1.34. The summed E-state index contributed by atoms with van der Waals surface area (Å²) in [4.78, 5) is 10.7. The molecular weight excluding hydrogens is 226 g/mol. The number of ether oxygens (including phenoxy) is 1. The van der Waals surface area contributed by atoms with Crippen molar-refractivity contribution in [1.29, 1.82) is 0 Å². The Morgan fingerprint density at radius 3 is 2.11 bits per heavy atom. The minimum absolute atomic E-state index is 0.787. The molecule has 0 aromatic carbocycles. The number of rotatable bonds is 1. The summed E-state index contributed by atoms with van der Waals surface area (Å²) in [6.07, 6.45) is 4.87. The molecule has 4 heteroatoms. The molecule has 2 heterocycles. The van der Waals surface area contributed by atoms with Gasteiger partial charge >= 0.3 is 0 Å². The lowest BCUT2D eigenvalue weighted by Crippen LogP contribution is -2.36. The van der Waals surface area contributed by atoms with Gasteiger partial charge in [-0.1, -0.05) is 34.1 Å². The maximum absolute atomic E-state index is 5.26. The first-order chi connectivity index (χ1) is 8.77. The number of morpholine rings is 1. The van der Waals surface area contributed by atoms with Crippen LogP contribution in [0.5, 0.6) is 0 Å². The van der Waals surface area contributed by atoms with Crippen LogP contribution in [0.15, 0.2) is 12.4 Å². The number of hydrogen-bond acceptors (Lipinski definition) is 4. The summed E-state index contributed by atoms with van der Waals surface area (Å²) in [6.45, 7) is 13.6. The van der Waals surface area contributed by atoms with Crippen LogP contribution < -0.4 is 4.90 Å². The zero-order valence-corrected chi connectivity index (χ0v) is 12.4. The van der Waals surface area contributed by atoms with Crippen LogP contribution >= 0.6 is 0 Å². The van der Waals surface area contributed by atoms with Crippen LogP contribution in [0.4, 0.5) is 5.82 Å². The molecule has 0 unspecified atom stereocenters. The molecule has 0 aliphatic carbocycles. The van der Waals surface area contributed by atoms with Crippen LogP contribution in [0, 0.1) is 6.92 Å². The van der Waals surface area contributed by atoms with Crippen molar-refractivity contribution in [1.82, 2.24) is 9.97 Å². The van der Waals surface area contributed by atoms with Crippen molar-refractivity contribution in [2.75, 3.05) is 31.2 Å². The smallest absolute Gasteiger partial charge is 0.147 e. The predicted octanol–water partition coefficient (Wildman–Crippen LogP) is 3.06. The molecule has 1 fully saturated rings. The highest BCUT2D eigenvalue weighted by molar-refractivity contribution is 5.35. The normalized spacial score (nSPS) is 13.9. The van der Waals surface area contributed by atoms with Crippen LogP contribution in [0.25, 0.3) is 0 Å². The molecule has 0 radical (unpaired) electrons. The number of aromatic nitrogens is 2. The van der Waals surface area contributed by atoms with Gasteiger partial charge in [-0.25, -0.2) is 4.98 Å². The number of aryl methyl sites for hydroxylation is 1. The quantitative estimate of drug-likeness (QED) is 0.771. The van der Waals surface area contributed by atoms with E-state index in [0.717, 1.165) is 37.8 Å². The zero-order valence-electron chi connectivity index (χ0n) is 12.4. The monoisotopic (exact) mass is 253 g/mol. The fraction of sp³-hybridized carbons (Fsp3) is 0.714. The van der Waals surface area contributed by atoms with Gasteiger partial charge in [0, 0.05) is 13.1 Å². The van der Waals surface area contributed by atoms with Crippen molar-refractivity contribution in [2.24, 2.45) is 0 Å². The Kier molecular flexibility index (Phi) is 10.3. The van der Waals surface area contributed by atoms with Crippen LogP contribution in [-0.4, -0.2) is 36.3 Å². The van der Waals surface area contributed by atoms with Gasteiger partial charge in [0.05, 0.1) is 31.3 Å². The van der Waals surface area contributed by atoms with Crippen LogP contribution in [0.1, 0.15) is 39.8 Å². The van der Waals surface area contributed by atoms with E-state index >= 15 is 0 Å². The van der Waals surface area contributed by atoms with Crippen molar-refractivity contribution >= 4 is 5.82 Å². The second-order valence-corrected chi connectivity index (χ2v) is 3.82. The Morgan fingerprint density at radius 1 is 1.11 bits per heavy atom. The summed E-state index contributed by atoms with van der Waals surface area (Å²) < 4.78 is 5.26. The second kappa shape index (κ2) is 11.0. The van der Waals surface area contributed by atoms with E-state index in [1.54, 1.807) is 6.20 Å². The lowest BCUT2D eigenvalue weighted by Gasteiger charge is -2.27. The highest BCUT2D eigenvalue weighted by Gasteiger charge is 2.11. The first-order valence-corrected chi connectivity index (χ1v) is 6.89. The van der Waals surface area contributed by atoms with Crippen LogP contribution in [-0.2, 0) is 4.74 Å². The molecule has 1 aliphatic heterocycles. The molecule has 1 saturated heterocycles. The Morgan fingerprint density at radius 2 is 1.67 bits per heavy atom. The number of nitrogens with zero attached hydrogens (tertiary/aromatic N) is 3. The summed E-state index contributed by atoms with van der Waals surface area (Å²) in [5, 5.41) is 0. The number of hydrogen-bond donors (Lipinski definition) is 0. The van der Waals surface area contributed by atoms with Crippen molar-refractivity contribution in [2.45, 2.75) is 41.0 Å². The highest BCUT2D eigenvalue weighted by Crippen LogP contribution is 2.10. The standard InChI is InChI=1S/C9H13N3O.C3H8.C2H6/c1-8-6-11-9(7-10-8)12-2-4-13-5-3-12;1-3-2;1-2/h6-7H,2-5H2,1H3;3H2,1-2H3;1-2H3. The molecule has 1 aromatic rings. The highest BCUT2D eigenvalue weighted by atomic mass is 16.5. The van der Waals surface area contributed by atoms with Gasteiger partial charge < -0.3 is 9.64 Å².